The summed E-state index contributed by atoms with van der Waals surface area (Å²) in [5, 5.41) is 9.19. The number of aliphatic hydroxyl groups excluding tert-OH is 1. The van der Waals surface area contributed by atoms with Gasteiger partial charge in [0.05, 0.1) is 6.10 Å². The van der Waals surface area contributed by atoms with E-state index in [-0.39, 0.29) is 23.7 Å². The first-order valence-electron chi connectivity index (χ1n) is 8.27. The van der Waals surface area contributed by atoms with Crippen molar-refractivity contribution >= 4 is 6.08 Å². The molecule has 0 aliphatic carbocycles. The molecule has 0 aliphatic rings. The van der Waals surface area contributed by atoms with Crippen molar-refractivity contribution in [1.29, 1.82) is 0 Å². The Morgan fingerprint density at radius 1 is 1.20 bits per heavy atom. The van der Waals surface area contributed by atoms with E-state index in [1.165, 1.54) is 24.5 Å². The van der Waals surface area contributed by atoms with Crippen molar-refractivity contribution < 1.29 is 13.9 Å². The summed E-state index contributed by atoms with van der Waals surface area (Å²) in [5.74, 6) is -1.26. The van der Waals surface area contributed by atoms with Crippen LogP contribution in [-0.4, -0.2) is 21.2 Å². The highest BCUT2D eigenvalue weighted by Crippen LogP contribution is 2.26. The smallest absolute Gasteiger partial charge is 0.167 e. The lowest BCUT2D eigenvalue weighted by Crippen LogP contribution is -1.98. The van der Waals surface area contributed by atoms with Crippen molar-refractivity contribution in [2.24, 2.45) is 0 Å². The van der Waals surface area contributed by atoms with Crippen LogP contribution in [0.3, 0.4) is 0 Å². The summed E-state index contributed by atoms with van der Waals surface area (Å²) in [7, 11) is 0. The fourth-order valence-corrected chi connectivity index (χ4v) is 2.41. The second kappa shape index (κ2) is 9.18. The number of aliphatic hydroxyl groups is 1. The largest absolute Gasteiger partial charge is 0.393 e. The SMILES string of the molecule is C=CCc1ccc(-c2cnc(C=CCCCC(C)O)nc2)c(F)c1F. The van der Waals surface area contributed by atoms with E-state index in [4.69, 9.17) is 0 Å². The highest BCUT2D eigenvalue weighted by Gasteiger charge is 2.14. The van der Waals surface area contributed by atoms with Crippen LogP contribution < -0.4 is 0 Å². The Kier molecular flexibility index (Phi) is 6.95. The molecule has 1 unspecified atom stereocenters. The van der Waals surface area contributed by atoms with Crippen LogP contribution in [0.1, 0.15) is 37.6 Å². The Bertz CT molecular complexity index is 740. The summed E-state index contributed by atoms with van der Waals surface area (Å²) in [6, 6.07) is 3.08. The van der Waals surface area contributed by atoms with Gasteiger partial charge in [-0.25, -0.2) is 18.7 Å². The van der Waals surface area contributed by atoms with Gasteiger partial charge in [0.1, 0.15) is 0 Å². The quantitative estimate of drug-likeness (QED) is 0.557. The third-order valence-corrected chi connectivity index (χ3v) is 3.77. The number of halogens is 2. The van der Waals surface area contributed by atoms with E-state index in [0.29, 0.717) is 11.4 Å². The first kappa shape index (κ1) is 18.9. The summed E-state index contributed by atoms with van der Waals surface area (Å²) in [4.78, 5) is 8.33. The number of aromatic nitrogens is 2. The number of hydrogen-bond donors (Lipinski definition) is 1. The van der Waals surface area contributed by atoms with Gasteiger partial charge >= 0.3 is 0 Å². The molecule has 5 heteroatoms. The second-order valence-electron chi connectivity index (χ2n) is 5.91. The normalized spacial score (nSPS) is 12.5. The molecule has 0 fully saturated rings. The maximum absolute atomic E-state index is 14.2. The van der Waals surface area contributed by atoms with Crippen LogP contribution in [0.5, 0.6) is 0 Å². The Balaban J connectivity index is 2.08. The molecule has 1 heterocycles. The zero-order chi connectivity index (χ0) is 18.2. The van der Waals surface area contributed by atoms with Gasteiger partial charge < -0.3 is 5.11 Å². The molecule has 25 heavy (non-hydrogen) atoms. The standard InChI is InChI=1S/C20H22F2N2O/c1-3-7-15-10-11-17(20(22)19(15)21)16-12-23-18(24-13-16)9-6-4-5-8-14(2)25/h3,6,9-14,25H,1,4-5,7-8H2,2H3. The number of hydrogen-bond acceptors (Lipinski definition) is 3. The Morgan fingerprint density at radius 2 is 1.92 bits per heavy atom. The summed E-state index contributed by atoms with van der Waals surface area (Å²) >= 11 is 0. The average molecular weight is 344 g/mol. The number of unbranched alkanes of at least 4 members (excludes halogenated alkanes) is 1. The molecule has 2 rings (SSSR count). The summed E-state index contributed by atoms with van der Waals surface area (Å²) in [6.45, 7) is 5.29. The molecular formula is C20H22F2N2O. The van der Waals surface area contributed by atoms with Crippen molar-refractivity contribution in [3.8, 4) is 11.1 Å². The minimum Gasteiger partial charge on any atom is -0.393 e. The lowest BCUT2D eigenvalue weighted by Gasteiger charge is -2.07. The van der Waals surface area contributed by atoms with Gasteiger partial charge in [-0.05, 0) is 44.2 Å². The molecule has 1 aromatic heterocycles. The average Bonchev–Trinajstić information content (AvgIpc) is 2.59. The molecule has 1 N–H and O–H groups in total. The highest BCUT2D eigenvalue weighted by molar-refractivity contribution is 5.63. The Labute approximate surface area is 146 Å². The summed E-state index contributed by atoms with van der Waals surface area (Å²) in [5.41, 5.74) is 0.833. The van der Waals surface area contributed by atoms with Gasteiger partial charge in [0.15, 0.2) is 17.5 Å². The molecule has 0 amide bonds. The predicted molar refractivity (Wildman–Crippen MR) is 95.9 cm³/mol. The van der Waals surface area contributed by atoms with Gasteiger partial charge in [-0.2, -0.15) is 0 Å². The van der Waals surface area contributed by atoms with Crippen molar-refractivity contribution in [3.63, 3.8) is 0 Å². The van der Waals surface area contributed by atoms with Gasteiger partial charge in [-0.15, -0.1) is 6.58 Å². The third-order valence-electron chi connectivity index (χ3n) is 3.77. The van der Waals surface area contributed by atoms with E-state index < -0.39 is 11.6 Å². The minimum atomic E-state index is -0.899. The van der Waals surface area contributed by atoms with E-state index in [0.717, 1.165) is 19.3 Å². The monoisotopic (exact) mass is 344 g/mol. The van der Waals surface area contributed by atoms with Crippen LogP contribution in [0.4, 0.5) is 8.78 Å². The second-order valence-corrected chi connectivity index (χ2v) is 5.91. The molecule has 0 radical (unpaired) electrons. The topological polar surface area (TPSA) is 46.0 Å². The molecule has 0 saturated carbocycles. The molecule has 0 saturated heterocycles. The van der Waals surface area contributed by atoms with Crippen LogP contribution in [0.15, 0.2) is 43.3 Å². The molecule has 2 aromatic rings. The fourth-order valence-electron chi connectivity index (χ4n) is 2.41. The van der Waals surface area contributed by atoms with Crippen molar-refractivity contribution in [2.45, 2.75) is 38.7 Å². The van der Waals surface area contributed by atoms with Crippen LogP contribution >= 0.6 is 0 Å². The van der Waals surface area contributed by atoms with Crippen LogP contribution in [0, 0.1) is 11.6 Å². The zero-order valence-corrected chi connectivity index (χ0v) is 14.3. The molecule has 1 aromatic carbocycles. The number of rotatable bonds is 8. The van der Waals surface area contributed by atoms with Gasteiger partial charge in [-0.3, -0.25) is 0 Å². The molecule has 0 aliphatic heterocycles. The van der Waals surface area contributed by atoms with Crippen molar-refractivity contribution in [1.82, 2.24) is 9.97 Å². The maximum Gasteiger partial charge on any atom is 0.167 e. The van der Waals surface area contributed by atoms with Gasteiger partial charge in [0.2, 0.25) is 0 Å². The van der Waals surface area contributed by atoms with Crippen LogP contribution in [0.25, 0.3) is 17.2 Å². The van der Waals surface area contributed by atoms with E-state index in [9.17, 15) is 13.9 Å². The highest BCUT2D eigenvalue weighted by atomic mass is 19.2. The Morgan fingerprint density at radius 3 is 2.56 bits per heavy atom. The third kappa shape index (κ3) is 5.29. The molecule has 1 atom stereocenters. The minimum absolute atomic E-state index is 0.137. The fraction of sp³-hybridized carbons (Fsp3) is 0.300. The molecule has 0 bridgehead atoms. The van der Waals surface area contributed by atoms with E-state index >= 15 is 0 Å². The lowest BCUT2D eigenvalue weighted by molar-refractivity contribution is 0.182. The molecular weight excluding hydrogens is 322 g/mol. The molecule has 0 spiro atoms. The number of allylic oxidation sites excluding steroid dienone is 2. The van der Waals surface area contributed by atoms with Gasteiger partial charge in [0, 0.05) is 23.5 Å². The van der Waals surface area contributed by atoms with Crippen LogP contribution in [0.2, 0.25) is 0 Å². The molecule has 3 nitrogen and oxygen atoms in total. The number of benzene rings is 1. The van der Waals surface area contributed by atoms with E-state index in [1.54, 1.807) is 19.1 Å². The van der Waals surface area contributed by atoms with Crippen LogP contribution in [-0.2, 0) is 6.42 Å². The van der Waals surface area contributed by atoms with E-state index in [1.807, 2.05) is 6.08 Å². The van der Waals surface area contributed by atoms with E-state index in [2.05, 4.69) is 16.5 Å². The van der Waals surface area contributed by atoms with Gasteiger partial charge in [0.25, 0.3) is 0 Å². The van der Waals surface area contributed by atoms with Crippen molar-refractivity contribution in [2.75, 3.05) is 0 Å². The molecule has 132 valence electrons. The van der Waals surface area contributed by atoms with Gasteiger partial charge in [-0.1, -0.05) is 24.3 Å². The summed E-state index contributed by atoms with van der Waals surface area (Å²) in [6.07, 6.45) is 10.6. The first-order valence-corrected chi connectivity index (χ1v) is 8.27. The summed E-state index contributed by atoms with van der Waals surface area (Å²) < 4.78 is 28.2. The lowest BCUT2D eigenvalue weighted by atomic mass is 10.0. The number of nitrogens with zero attached hydrogens (tertiary/aromatic N) is 2. The first-order chi connectivity index (χ1) is 12.0. The van der Waals surface area contributed by atoms with Crippen molar-refractivity contribution in [3.05, 3.63) is 66.3 Å². The maximum atomic E-state index is 14.2. The predicted octanol–water partition coefficient (Wildman–Crippen LogP) is 4.71. The zero-order valence-electron chi connectivity index (χ0n) is 14.3. The Hall–Kier alpha value is -2.40.